The molecule has 1 aromatic rings. The van der Waals surface area contributed by atoms with Crippen molar-refractivity contribution in [2.24, 2.45) is 0 Å². The van der Waals surface area contributed by atoms with Gasteiger partial charge in [-0.05, 0) is 19.5 Å². The minimum absolute atomic E-state index is 0. The fourth-order valence-corrected chi connectivity index (χ4v) is 0.562. The Morgan fingerprint density at radius 1 is 0.667 bits per heavy atom. The molecule has 0 radical (unpaired) electrons. The van der Waals surface area contributed by atoms with Gasteiger partial charge < -0.3 is 16.3 Å². The Morgan fingerprint density at radius 3 is 0.917 bits per heavy atom. The highest BCUT2D eigenvalue weighted by molar-refractivity contribution is 4.99. The first-order valence-corrected chi connectivity index (χ1v) is 3.71. The van der Waals surface area contributed by atoms with Gasteiger partial charge in [0.05, 0.1) is 0 Å². The molecular weight excluding hydrogens is 154 g/mol. The van der Waals surface area contributed by atoms with Gasteiger partial charge in [0.1, 0.15) is 0 Å². The highest BCUT2D eigenvalue weighted by Gasteiger charge is 1.92. The van der Waals surface area contributed by atoms with Crippen LogP contribution in [0.25, 0.3) is 0 Å². The minimum Gasteiger partial charge on any atom is -0.412 e. The summed E-state index contributed by atoms with van der Waals surface area (Å²) in [5.74, 6) is 0. The molecule has 0 amide bonds. The summed E-state index contributed by atoms with van der Waals surface area (Å²) in [5.41, 5.74) is 0. The Kier molecular flexibility index (Phi) is 11.5. The van der Waals surface area contributed by atoms with Gasteiger partial charge in [0, 0.05) is 0 Å². The van der Waals surface area contributed by atoms with Crippen molar-refractivity contribution in [2.75, 3.05) is 13.1 Å². The lowest BCUT2D eigenvalue weighted by molar-refractivity contribution is 0.527. The van der Waals surface area contributed by atoms with Crippen LogP contribution in [0.2, 0.25) is 0 Å². The van der Waals surface area contributed by atoms with Crippen LogP contribution >= 0.6 is 0 Å². The van der Waals surface area contributed by atoms with E-state index >= 15 is 0 Å². The summed E-state index contributed by atoms with van der Waals surface area (Å²) in [6.07, 6.45) is 1.39. The highest BCUT2D eigenvalue weighted by atomic mass is 16.0. The Morgan fingerprint density at radius 2 is 0.833 bits per heavy atom. The van der Waals surface area contributed by atoms with Crippen molar-refractivity contribution in [3.05, 3.63) is 36.4 Å². The van der Waals surface area contributed by atoms with E-state index in [-0.39, 0.29) is 11.0 Å². The molecule has 1 aliphatic heterocycles. The second-order valence-corrected chi connectivity index (χ2v) is 2.26. The fraction of sp³-hybridized carbons (Fsp3) is 0.333. The Balaban J connectivity index is 0. The van der Waals surface area contributed by atoms with Crippen molar-refractivity contribution in [1.29, 1.82) is 0 Å². The maximum Gasteiger partial charge on any atom is -0.00368 e. The highest BCUT2D eigenvalue weighted by Crippen LogP contribution is 1.80. The summed E-state index contributed by atoms with van der Waals surface area (Å²) in [6.45, 7) is 2.50. The number of hydrogen-bond donors (Lipinski definition) is 1. The molecule has 1 fully saturated rings. The van der Waals surface area contributed by atoms with Crippen LogP contribution in [0.3, 0.4) is 0 Å². The van der Waals surface area contributed by atoms with Gasteiger partial charge >= 0.3 is 0 Å². The molecule has 1 aromatic carbocycles. The molecule has 0 unspecified atom stereocenters. The van der Waals surface area contributed by atoms with Crippen LogP contribution in [0.4, 0.5) is 0 Å². The summed E-state index contributed by atoms with van der Waals surface area (Å²) in [7, 11) is 0. The maximum absolute atomic E-state index is 3.11. The van der Waals surface area contributed by atoms with E-state index in [4.69, 9.17) is 0 Å². The number of benzene rings is 1. The van der Waals surface area contributed by atoms with E-state index in [1.54, 1.807) is 0 Å². The van der Waals surface area contributed by atoms with E-state index in [0.717, 1.165) is 0 Å². The van der Waals surface area contributed by atoms with Gasteiger partial charge in [0.15, 0.2) is 0 Å². The number of hydrogen-bond acceptors (Lipinski definition) is 1. The second kappa shape index (κ2) is 10.1. The molecule has 0 aromatic heterocycles. The van der Waals surface area contributed by atoms with E-state index in [2.05, 4.69) is 5.32 Å². The van der Waals surface area contributed by atoms with Gasteiger partial charge in [-0.2, -0.15) is 0 Å². The average molecular weight is 171 g/mol. The Hall–Kier alpha value is -0.900. The van der Waals surface area contributed by atoms with Crippen molar-refractivity contribution in [3.63, 3.8) is 0 Å². The molecule has 1 aliphatic rings. The molecule has 0 saturated carbocycles. The molecule has 0 atom stereocenters. The quantitative estimate of drug-likeness (QED) is 0.587. The third-order valence-electron chi connectivity index (χ3n) is 1.37. The normalized spacial score (nSPS) is 12.0. The smallest absolute Gasteiger partial charge is 0.00368 e. The summed E-state index contributed by atoms with van der Waals surface area (Å²) >= 11 is 0. The molecule has 1 saturated heterocycles. The predicted octanol–water partition coefficient (Wildman–Crippen LogP) is 0.0169. The zero-order valence-electron chi connectivity index (χ0n) is 7.09. The molecule has 3 nitrogen and oxygen atoms in total. The summed E-state index contributed by atoms with van der Waals surface area (Å²) in [6, 6.07) is 12.0. The van der Waals surface area contributed by atoms with Crippen molar-refractivity contribution in [1.82, 2.24) is 5.32 Å². The SMILES string of the molecule is C1CNC1.O.O.c1ccccc1. The molecule has 2 rings (SSSR count). The first-order valence-electron chi connectivity index (χ1n) is 3.71. The fourth-order valence-electron chi connectivity index (χ4n) is 0.562. The average Bonchev–Trinajstić information content (AvgIpc) is 1.88. The molecule has 70 valence electrons. The van der Waals surface area contributed by atoms with E-state index < -0.39 is 0 Å². The van der Waals surface area contributed by atoms with Gasteiger partial charge in [-0.1, -0.05) is 36.4 Å². The van der Waals surface area contributed by atoms with Crippen LogP contribution in [0.15, 0.2) is 36.4 Å². The third-order valence-corrected chi connectivity index (χ3v) is 1.37. The molecule has 0 aliphatic carbocycles. The van der Waals surface area contributed by atoms with Crippen molar-refractivity contribution in [3.8, 4) is 0 Å². The molecule has 5 N–H and O–H groups in total. The predicted molar refractivity (Wildman–Crippen MR) is 51.2 cm³/mol. The molecule has 0 bridgehead atoms. The Bertz CT molecular complexity index is 121. The van der Waals surface area contributed by atoms with Gasteiger partial charge in [-0.15, -0.1) is 0 Å². The van der Waals surface area contributed by atoms with Crippen LogP contribution in [0.1, 0.15) is 6.42 Å². The van der Waals surface area contributed by atoms with E-state index in [1.165, 1.54) is 19.5 Å². The maximum atomic E-state index is 3.11. The molecular formula is C9H17NO2. The first kappa shape index (κ1) is 13.7. The summed E-state index contributed by atoms with van der Waals surface area (Å²) < 4.78 is 0. The van der Waals surface area contributed by atoms with Gasteiger partial charge in [-0.25, -0.2) is 0 Å². The zero-order valence-corrected chi connectivity index (χ0v) is 7.09. The zero-order chi connectivity index (χ0) is 7.07. The summed E-state index contributed by atoms with van der Waals surface area (Å²) in [4.78, 5) is 0. The molecule has 12 heavy (non-hydrogen) atoms. The van der Waals surface area contributed by atoms with E-state index in [0.29, 0.717) is 0 Å². The van der Waals surface area contributed by atoms with Crippen molar-refractivity contribution in [2.45, 2.75) is 6.42 Å². The standard InChI is InChI=1S/C6H6.C3H7N.2H2O/c1-2-4-6-5-3-1;1-2-4-3-1;;/h1-6H;4H,1-3H2;2*1H2. The van der Waals surface area contributed by atoms with Crippen LogP contribution in [-0.2, 0) is 0 Å². The van der Waals surface area contributed by atoms with Crippen LogP contribution in [-0.4, -0.2) is 24.0 Å². The van der Waals surface area contributed by atoms with E-state index in [9.17, 15) is 0 Å². The molecule has 1 heterocycles. The summed E-state index contributed by atoms with van der Waals surface area (Å²) in [5, 5.41) is 3.11. The van der Waals surface area contributed by atoms with Crippen LogP contribution in [0.5, 0.6) is 0 Å². The van der Waals surface area contributed by atoms with Crippen molar-refractivity contribution >= 4 is 0 Å². The topological polar surface area (TPSA) is 75.0 Å². The molecule has 0 spiro atoms. The van der Waals surface area contributed by atoms with Gasteiger partial charge in [0.2, 0.25) is 0 Å². The van der Waals surface area contributed by atoms with Crippen LogP contribution in [0, 0.1) is 0 Å². The lowest BCUT2D eigenvalue weighted by Crippen LogP contribution is -2.29. The lowest BCUT2D eigenvalue weighted by Gasteiger charge is -2.09. The van der Waals surface area contributed by atoms with Gasteiger partial charge in [-0.3, -0.25) is 0 Å². The first-order chi connectivity index (χ1) is 5.00. The molecule has 3 heteroatoms. The van der Waals surface area contributed by atoms with Crippen LogP contribution < -0.4 is 5.32 Å². The Labute approximate surface area is 73.0 Å². The lowest BCUT2D eigenvalue weighted by atomic mass is 10.3. The van der Waals surface area contributed by atoms with Crippen molar-refractivity contribution < 1.29 is 11.0 Å². The second-order valence-electron chi connectivity index (χ2n) is 2.26. The largest absolute Gasteiger partial charge is 0.412 e. The van der Waals surface area contributed by atoms with Gasteiger partial charge in [0.25, 0.3) is 0 Å². The number of rotatable bonds is 0. The monoisotopic (exact) mass is 171 g/mol. The van der Waals surface area contributed by atoms with E-state index in [1.807, 2.05) is 36.4 Å². The third kappa shape index (κ3) is 7.21. The number of nitrogens with one attached hydrogen (secondary N) is 1. The minimum atomic E-state index is 0.